The van der Waals surface area contributed by atoms with Crippen molar-refractivity contribution in [1.82, 2.24) is 10.2 Å². The van der Waals surface area contributed by atoms with E-state index in [1.54, 1.807) is 30.0 Å². The lowest BCUT2D eigenvalue weighted by Gasteiger charge is -2.32. The summed E-state index contributed by atoms with van der Waals surface area (Å²) in [5.41, 5.74) is 2.80. The molecule has 1 N–H and O–H groups in total. The van der Waals surface area contributed by atoms with Crippen LogP contribution in [0.1, 0.15) is 57.2 Å². The zero-order valence-electron chi connectivity index (χ0n) is 22.3. The first-order valence-electron chi connectivity index (χ1n) is 12.0. The lowest BCUT2D eigenvalue weighted by atomic mass is 10.1. The molecule has 1 atom stereocenters. The summed E-state index contributed by atoms with van der Waals surface area (Å²) in [5, 5.41) is 3.38. The zero-order chi connectivity index (χ0) is 27.3. The number of nitrogens with zero attached hydrogens (tertiary/aromatic N) is 2. The molecule has 0 radical (unpaired) electrons. The van der Waals surface area contributed by atoms with Gasteiger partial charge in [0.25, 0.3) is 0 Å². The highest BCUT2D eigenvalue weighted by molar-refractivity contribution is 7.92. The molecular formula is C27H38ClN3O4S. The molecule has 2 rings (SSSR count). The van der Waals surface area contributed by atoms with Gasteiger partial charge >= 0.3 is 0 Å². The van der Waals surface area contributed by atoms with Crippen LogP contribution in [-0.2, 0) is 26.2 Å². The highest BCUT2D eigenvalue weighted by Crippen LogP contribution is 2.27. The third kappa shape index (κ3) is 8.52. The quantitative estimate of drug-likeness (QED) is 0.472. The maximum Gasteiger partial charge on any atom is 0.242 e. The SMILES string of the molecule is Cc1ccccc1CN(C(=O)CCCN(c1cc(Cl)ccc1C)S(C)(=O)=O)C(C)C(=O)NC(C)(C)C. The number of anilines is 1. The van der Waals surface area contributed by atoms with Crippen molar-refractivity contribution in [2.45, 2.75) is 72.5 Å². The first-order chi connectivity index (χ1) is 16.6. The molecule has 0 saturated heterocycles. The molecule has 2 aromatic carbocycles. The highest BCUT2D eigenvalue weighted by Gasteiger charge is 2.29. The van der Waals surface area contributed by atoms with Gasteiger partial charge in [-0.2, -0.15) is 0 Å². The van der Waals surface area contributed by atoms with Crippen LogP contribution in [0.25, 0.3) is 0 Å². The number of benzene rings is 2. The lowest BCUT2D eigenvalue weighted by molar-refractivity contribution is -0.141. The van der Waals surface area contributed by atoms with E-state index in [0.29, 0.717) is 10.7 Å². The highest BCUT2D eigenvalue weighted by atomic mass is 35.5. The van der Waals surface area contributed by atoms with Gasteiger partial charge in [-0.1, -0.05) is 41.9 Å². The minimum absolute atomic E-state index is 0.0879. The van der Waals surface area contributed by atoms with Gasteiger partial charge < -0.3 is 10.2 Å². The second-order valence-electron chi connectivity index (χ2n) is 10.2. The van der Waals surface area contributed by atoms with E-state index >= 15 is 0 Å². The van der Waals surface area contributed by atoms with Gasteiger partial charge in [0.15, 0.2) is 0 Å². The molecule has 2 aromatic rings. The lowest BCUT2D eigenvalue weighted by Crippen LogP contribution is -2.52. The summed E-state index contributed by atoms with van der Waals surface area (Å²) in [4.78, 5) is 27.9. The minimum Gasteiger partial charge on any atom is -0.350 e. The molecule has 0 bridgehead atoms. The van der Waals surface area contributed by atoms with Crippen molar-refractivity contribution < 1.29 is 18.0 Å². The Balaban J connectivity index is 2.24. The van der Waals surface area contributed by atoms with Crippen LogP contribution in [0.2, 0.25) is 5.02 Å². The third-order valence-corrected chi connectivity index (χ3v) is 7.27. The summed E-state index contributed by atoms with van der Waals surface area (Å²) in [6.45, 7) is 11.6. The van der Waals surface area contributed by atoms with E-state index < -0.39 is 21.6 Å². The fourth-order valence-corrected chi connectivity index (χ4v) is 5.04. The van der Waals surface area contributed by atoms with Crippen molar-refractivity contribution in [3.8, 4) is 0 Å². The Morgan fingerprint density at radius 1 is 1.06 bits per heavy atom. The summed E-state index contributed by atoms with van der Waals surface area (Å²) < 4.78 is 26.4. The van der Waals surface area contributed by atoms with Gasteiger partial charge in [-0.15, -0.1) is 0 Å². The molecule has 9 heteroatoms. The predicted molar refractivity (Wildman–Crippen MR) is 147 cm³/mol. The number of carbonyl (C=O) groups is 2. The van der Waals surface area contributed by atoms with Crippen LogP contribution < -0.4 is 9.62 Å². The van der Waals surface area contributed by atoms with Crippen molar-refractivity contribution in [2.24, 2.45) is 0 Å². The van der Waals surface area contributed by atoms with E-state index in [1.807, 2.05) is 58.9 Å². The van der Waals surface area contributed by atoms with Crippen LogP contribution in [0.4, 0.5) is 5.69 Å². The summed E-state index contributed by atoms with van der Waals surface area (Å²) in [7, 11) is -3.59. The third-order valence-electron chi connectivity index (χ3n) is 5.86. The van der Waals surface area contributed by atoms with Crippen LogP contribution in [0, 0.1) is 13.8 Å². The average Bonchev–Trinajstić information content (AvgIpc) is 2.75. The second kappa shape index (κ2) is 12.1. The van der Waals surface area contributed by atoms with Crippen molar-refractivity contribution in [1.29, 1.82) is 0 Å². The molecule has 0 saturated carbocycles. The number of nitrogens with one attached hydrogen (secondary N) is 1. The number of sulfonamides is 1. The largest absolute Gasteiger partial charge is 0.350 e. The number of halogens is 1. The maximum atomic E-state index is 13.4. The van der Waals surface area contributed by atoms with Crippen LogP contribution in [-0.4, -0.2) is 49.5 Å². The molecule has 7 nitrogen and oxygen atoms in total. The number of hydrogen-bond donors (Lipinski definition) is 1. The van der Waals surface area contributed by atoms with Crippen molar-refractivity contribution in [3.63, 3.8) is 0 Å². The smallest absolute Gasteiger partial charge is 0.242 e. The van der Waals surface area contributed by atoms with Crippen LogP contribution in [0.3, 0.4) is 0 Å². The van der Waals surface area contributed by atoms with Crippen LogP contribution in [0.5, 0.6) is 0 Å². The standard InChI is InChI=1S/C27H38ClN3O4S/c1-19-11-8-9-12-22(19)18-30(21(3)26(33)29-27(4,5)6)25(32)13-10-16-31(36(7,34)35)24-17-23(28)15-14-20(24)2/h8-9,11-12,14-15,17,21H,10,13,16,18H2,1-7H3,(H,29,33). The summed E-state index contributed by atoms with van der Waals surface area (Å²) in [6, 6.07) is 12.1. The van der Waals surface area contributed by atoms with Crippen LogP contribution >= 0.6 is 11.6 Å². The summed E-state index contributed by atoms with van der Waals surface area (Å²) >= 11 is 6.12. The fraction of sp³-hybridized carbons (Fsp3) is 0.481. The fourth-order valence-electron chi connectivity index (χ4n) is 3.86. The van der Waals surface area contributed by atoms with E-state index in [9.17, 15) is 18.0 Å². The minimum atomic E-state index is -3.59. The normalized spacial score (nSPS) is 12.7. The molecule has 0 spiro atoms. The zero-order valence-corrected chi connectivity index (χ0v) is 23.8. The molecular weight excluding hydrogens is 498 g/mol. The van der Waals surface area contributed by atoms with E-state index in [2.05, 4.69) is 5.32 Å². The van der Waals surface area contributed by atoms with E-state index in [0.717, 1.165) is 22.9 Å². The Kier molecular flexibility index (Phi) is 9.97. The first-order valence-corrected chi connectivity index (χ1v) is 14.2. The van der Waals surface area contributed by atoms with Gasteiger partial charge in [-0.05, 0) is 76.8 Å². The number of rotatable bonds is 10. The van der Waals surface area contributed by atoms with Gasteiger partial charge in [0.2, 0.25) is 21.8 Å². The Hall–Kier alpha value is -2.58. The van der Waals surface area contributed by atoms with E-state index in [1.165, 1.54) is 4.31 Å². The number of carbonyl (C=O) groups excluding carboxylic acids is 2. The van der Waals surface area contributed by atoms with E-state index in [4.69, 9.17) is 11.6 Å². The van der Waals surface area contributed by atoms with Gasteiger partial charge in [0.1, 0.15) is 6.04 Å². The summed E-state index contributed by atoms with van der Waals surface area (Å²) in [5.74, 6) is -0.456. The van der Waals surface area contributed by atoms with Crippen LogP contribution in [0.15, 0.2) is 42.5 Å². The van der Waals surface area contributed by atoms with E-state index in [-0.39, 0.29) is 37.7 Å². The Morgan fingerprint density at radius 2 is 1.69 bits per heavy atom. The predicted octanol–water partition coefficient (Wildman–Crippen LogP) is 4.84. The molecule has 0 fully saturated rings. The maximum absolute atomic E-state index is 13.4. The van der Waals surface area contributed by atoms with Crippen molar-refractivity contribution >= 4 is 39.1 Å². The molecule has 198 valence electrons. The molecule has 0 heterocycles. The topological polar surface area (TPSA) is 86.8 Å². The second-order valence-corrected chi connectivity index (χ2v) is 12.6. The first kappa shape index (κ1) is 29.6. The molecule has 1 unspecified atom stereocenters. The van der Waals surface area contributed by atoms with Gasteiger partial charge in [-0.3, -0.25) is 13.9 Å². The van der Waals surface area contributed by atoms with Gasteiger partial charge in [0, 0.05) is 30.1 Å². The molecule has 0 aliphatic heterocycles. The molecule has 36 heavy (non-hydrogen) atoms. The summed E-state index contributed by atoms with van der Waals surface area (Å²) in [6.07, 6.45) is 1.51. The Morgan fingerprint density at radius 3 is 2.28 bits per heavy atom. The number of hydrogen-bond acceptors (Lipinski definition) is 4. The average molecular weight is 536 g/mol. The van der Waals surface area contributed by atoms with Crippen molar-refractivity contribution in [2.75, 3.05) is 17.1 Å². The molecule has 0 aromatic heterocycles. The molecule has 0 aliphatic rings. The number of amides is 2. The van der Waals surface area contributed by atoms with Gasteiger partial charge in [-0.25, -0.2) is 8.42 Å². The Bertz CT molecular complexity index is 1190. The number of aryl methyl sites for hydroxylation is 2. The monoisotopic (exact) mass is 535 g/mol. The Labute approximate surface area is 220 Å². The van der Waals surface area contributed by atoms with Crippen molar-refractivity contribution in [3.05, 3.63) is 64.2 Å². The molecule has 2 amide bonds. The van der Waals surface area contributed by atoms with Gasteiger partial charge in [0.05, 0.1) is 11.9 Å². The molecule has 0 aliphatic carbocycles.